The molecule has 2 aromatic rings. The maximum Gasteiger partial charge on any atom is 0.319 e. The molecule has 0 aliphatic carbocycles. The zero-order chi connectivity index (χ0) is 19.8. The summed E-state index contributed by atoms with van der Waals surface area (Å²) >= 11 is 0. The topological polar surface area (TPSA) is 79.3 Å². The maximum absolute atomic E-state index is 12.8. The van der Waals surface area contributed by atoms with Gasteiger partial charge in [-0.15, -0.1) is 0 Å². The Kier molecular flexibility index (Phi) is 7.06. The number of hydrogen-bond acceptors (Lipinski definition) is 3. The van der Waals surface area contributed by atoms with E-state index in [1.807, 2.05) is 34.7 Å². The molecule has 7 heteroatoms. The van der Waals surface area contributed by atoms with Crippen LogP contribution in [-0.2, 0) is 6.54 Å². The van der Waals surface area contributed by atoms with Gasteiger partial charge in [0.25, 0.3) is 5.91 Å². The second-order valence-corrected chi connectivity index (χ2v) is 7.25. The first-order chi connectivity index (χ1) is 13.7. The molecule has 1 aromatic heterocycles. The van der Waals surface area contributed by atoms with E-state index in [1.165, 1.54) is 12.8 Å². The van der Waals surface area contributed by atoms with Crippen molar-refractivity contribution in [1.82, 2.24) is 19.8 Å². The van der Waals surface area contributed by atoms with Gasteiger partial charge in [-0.2, -0.15) is 0 Å². The molecular weight excluding hydrogens is 354 g/mol. The Balaban J connectivity index is 1.58. The van der Waals surface area contributed by atoms with Crippen LogP contribution in [0.3, 0.4) is 0 Å². The number of urea groups is 1. The van der Waals surface area contributed by atoms with Crippen molar-refractivity contribution in [2.75, 3.05) is 18.4 Å². The number of likely N-dealkylation sites (tertiary alicyclic amines) is 1. The van der Waals surface area contributed by atoms with Crippen LogP contribution in [0.1, 0.15) is 49.4 Å². The highest BCUT2D eigenvalue weighted by atomic mass is 16.2. The standard InChI is InChI=1S/C21H29N5O2/c1-2-18(15-25-13-10-22-16-25)23-21(28)24-19-9-7-8-17(14-19)20(27)26-11-5-3-4-6-12-26/h7-10,13-14,16,18H,2-6,11-12,15H2,1H3,(H2,23,24,28). The summed E-state index contributed by atoms with van der Waals surface area (Å²) in [6.45, 7) is 4.31. The molecule has 1 fully saturated rings. The van der Waals surface area contributed by atoms with Gasteiger partial charge in [-0.05, 0) is 37.5 Å². The Hall–Kier alpha value is -2.83. The van der Waals surface area contributed by atoms with E-state index in [-0.39, 0.29) is 18.0 Å². The zero-order valence-electron chi connectivity index (χ0n) is 16.4. The minimum atomic E-state index is -0.272. The average molecular weight is 383 g/mol. The van der Waals surface area contributed by atoms with E-state index < -0.39 is 0 Å². The van der Waals surface area contributed by atoms with Crippen molar-refractivity contribution in [3.63, 3.8) is 0 Å². The van der Waals surface area contributed by atoms with Crippen LogP contribution in [0.2, 0.25) is 0 Å². The lowest BCUT2D eigenvalue weighted by molar-refractivity contribution is 0.0761. The SMILES string of the molecule is CCC(Cn1ccnc1)NC(=O)Nc1cccc(C(=O)N2CCCCCC2)c1. The molecule has 0 radical (unpaired) electrons. The number of nitrogens with one attached hydrogen (secondary N) is 2. The molecule has 3 rings (SSSR count). The summed E-state index contributed by atoms with van der Waals surface area (Å²) in [6.07, 6.45) is 10.6. The van der Waals surface area contributed by atoms with E-state index in [0.29, 0.717) is 17.8 Å². The number of imidazole rings is 1. The van der Waals surface area contributed by atoms with E-state index in [1.54, 1.807) is 24.7 Å². The largest absolute Gasteiger partial charge is 0.339 e. The van der Waals surface area contributed by atoms with Gasteiger partial charge in [-0.3, -0.25) is 4.79 Å². The molecule has 7 nitrogen and oxygen atoms in total. The fourth-order valence-electron chi connectivity index (χ4n) is 3.46. The fourth-order valence-corrected chi connectivity index (χ4v) is 3.46. The number of amides is 3. The number of benzene rings is 1. The molecule has 1 unspecified atom stereocenters. The van der Waals surface area contributed by atoms with Crippen LogP contribution in [0.5, 0.6) is 0 Å². The number of nitrogens with zero attached hydrogens (tertiary/aromatic N) is 3. The summed E-state index contributed by atoms with van der Waals surface area (Å²) in [5.41, 5.74) is 1.24. The summed E-state index contributed by atoms with van der Waals surface area (Å²) in [7, 11) is 0. The molecule has 1 saturated heterocycles. The van der Waals surface area contributed by atoms with Crippen molar-refractivity contribution >= 4 is 17.6 Å². The number of carbonyl (C=O) groups excluding carboxylic acids is 2. The second kappa shape index (κ2) is 9.92. The van der Waals surface area contributed by atoms with Crippen LogP contribution >= 0.6 is 0 Å². The van der Waals surface area contributed by atoms with Gasteiger partial charge in [-0.25, -0.2) is 9.78 Å². The number of hydrogen-bond donors (Lipinski definition) is 2. The van der Waals surface area contributed by atoms with E-state index in [0.717, 1.165) is 32.4 Å². The summed E-state index contributed by atoms with van der Waals surface area (Å²) in [6, 6.07) is 6.90. The summed E-state index contributed by atoms with van der Waals surface area (Å²) in [5.74, 6) is 0.0394. The first kappa shape index (κ1) is 19.9. The van der Waals surface area contributed by atoms with Gasteiger partial charge < -0.3 is 20.1 Å². The van der Waals surface area contributed by atoms with Crippen LogP contribution < -0.4 is 10.6 Å². The van der Waals surface area contributed by atoms with Gasteiger partial charge in [0.2, 0.25) is 0 Å². The monoisotopic (exact) mass is 383 g/mol. The third-order valence-electron chi connectivity index (χ3n) is 5.08. The highest BCUT2D eigenvalue weighted by Gasteiger charge is 2.18. The Bertz CT molecular complexity index is 767. The molecule has 1 aliphatic heterocycles. The van der Waals surface area contributed by atoms with Crippen LogP contribution in [0, 0.1) is 0 Å². The first-order valence-electron chi connectivity index (χ1n) is 10.1. The molecule has 1 aromatic carbocycles. The summed E-state index contributed by atoms with van der Waals surface area (Å²) < 4.78 is 1.94. The lowest BCUT2D eigenvalue weighted by Gasteiger charge is -2.21. The molecule has 28 heavy (non-hydrogen) atoms. The quantitative estimate of drug-likeness (QED) is 0.801. The predicted molar refractivity (Wildman–Crippen MR) is 109 cm³/mol. The predicted octanol–water partition coefficient (Wildman–Crippen LogP) is 3.50. The Morgan fingerprint density at radius 2 is 1.96 bits per heavy atom. The Labute approximate surface area is 166 Å². The van der Waals surface area contributed by atoms with Crippen LogP contribution in [0.25, 0.3) is 0 Å². The van der Waals surface area contributed by atoms with E-state index in [4.69, 9.17) is 0 Å². The minimum Gasteiger partial charge on any atom is -0.339 e. The number of carbonyl (C=O) groups is 2. The fraction of sp³-hybridized carbons (Fsp3) is 0.476. The molecule has 0 saturated carbocycles. The molecular formula is C21H29N5O2. The van der Waals surface area contributed by atoms with Crippen molar-refractivity contribution in [3.8, 4) is 0 Å². The lowest BCUT2D eigenvalue weighted by Crippen LogP contribution is -2.40. The van der Waals surface area contributed by atoms with Gasteiger partial charge in [0.15, 0.2) is 0 Å². The van der Waals surface area contributed by atoms with Crippen molar-refractivity contribution in [2.24, 2.45) is 0 Å². The molecule has 2 N–H and O–H groups in total. The molecule has 1 aliphatic rings. The van der Waals surface area contributed by atoms with Gasteiger partial charge in [-0.1, -0.05) is 25.8 Å². The number of aromatic nitrogens is 2. The zero-order valence-corrected chi connectivity index (χ0v) is 16.4. The second-order valence-electron chi connectivity index (χ2n) is 7.25. The molecule has 150 valence electrons. The van der Waals surface area contributed by atoms with E-state index >= 15 is 0 Å². The smallest absolute Gasteiger partial charge is 0.319 e. The van der Waals surface area contributed by atoms with Gasteiger partial charge in [0.05, 0.1) is 6.33 Å². The van der Waals surface area contributed by atoms with Crippen molar-refractivity contribution in [2.45, 2.75) is 51.6 Å². The van der Waals surface area contributed by atoms with Crippen LogP contribution in [0.15, 0.2) is 43.0 Å². The maximum atomic E-state index is 12.8. The average Bonchev–Trinajstić information content (AvgIpc) is 3.06. The Morgan fingerprint density at radius 3 is 2.64 bits per heavy atom. The highest BCUT2D eigenvalue weighted by Crippen LogP contribution is 2.16. The normalized spacial score (nSPS) is 15.5. The third-order valence-corrected chi connectivity index (χ3v) is 5.08. The molecule has 3 amide bonds. The van der Waals surface area contributed by atoms with E-state index in [2.05, 4.69) is 15.6 Å². The Morgan fingerprint density at radius 1 is 1.18 bits per heavy atom. The van der Waals surface area contributed by atoms with Crippen molar-refractivity contribution in [1.29, 1.82) is 0 Å². The van der Waals surface area contributed by atoms with Crippen molar-refractivity contribution in [3.05, 3.63) is 48.5 Å². The van der Waals surface area contributed by atoms with Gasteiger partial charge >= 0.3 is 6.03 Å². The minimum absolute atomic E-state index is 0.00360. The first-order valence-corrected chi connectivity index (χ1v) is 10.1. The molecule has 0 bridgehead atoms. The molecule has 2 heterocycles. The number of rotatable bonds is 6. The summed E-state index contributed by atoms with van der Waals surface area (Å²) in [5, 5.41) is 5.83. The lowest BCUT2D eigenvalue weighted by atomic mass is 10.1. The van der Waals surface area contributed by atoms with E-state index in [9.17, 15) is 9.59 Å². The summed E-state index contributed by atoms with van der Waals surface area (Å²) in [4.78, 5) is 31.1. The molecule has 1 atom stereocenters. The van der Waals surface area contributed by atoms with Gasteiger partial charge in [0.1, 0.15) is 0 Å². The number of anilines is 1. The highest BCUT2D eigenvalue weighted by molar-refractivity contribution is 5.97. The van der Waals surface area contributed by atoms with Crippen LogP contribution in [-0.4, -0.2) is 45.5 Å². The third kappa shape index (κ3) is 5.58. The molecule has 0 spiro atoms. The van der Waals surface area contributed by atoms with Crippen molar-refractivity contribution < 1.29 is 9.59 Å². The van der Waals surface area contributed by atoms with Gasteiger partial charge in [0, 0.05) is 49.3 Å². The van der Waals surface area contributed by atoms with Crippen LogP contribution in [0.4, 0.5) is 10.5 Å².